The predicted octanol–water partition coefficient (Wildman–Crippen LogP) is 0.490. The Morgan fingerprint density at radius 3 is 2.86 bits per heavy atom. The fourth-order valence-corrected chi connectivity index (χ4v) is 3.95. The molecule has 1 aliphatic rings. The third-order valence-corrected chi connectivity index (χ3v) is 5.51. The number of benzene rings is 1. The van der Waals surface area contributed by atoms with Crippen LogP contribution in [0.1, 0.15) is 19.4 Å². The fraction of sp³-hybridized carbons (Fsp3) is 0.467. The second kappa shape index (κ2) is 6.60. The van der Waals surface area contributed by atoms with Crippen LogP contribution in [0.25, 0.3) is 0 Å². The van der Waals surface area contributed by atoms with Gasteiger partial charge < -0.3 is 0 Å². The van der Waals surface area contributed by atoms with E-state index >= 15 is 0 Å². The molecule has 0 bridgehead atoms. The second-order valence-corrected chi connectivity index (χ2v) is 7.68. The number of methoxy groups -OCH3 is 1. The van der Waals surface area contributed by atoms with Crippen LogP contribution in [-0.4, -0.2) is 52.1 Å². The van der Waals surface area contributed by atoms with Gasteiger partial charge in [0.2, 0.25) is 0 Å². The molecule has 114 valence electrons. The van der Waals surface area contributed by atoms with Crippen molar-refractivity contribution >= 4 is 31.3 Å². The molecule has 0 aliphatic carbocycles. The molecule has 1 aliphatic heterocycles. The standard InChI is InChI=1S/C15H20N2O3Se/c1-15(2)9-20-13(17-15)10-6-4-5-7-12(10)21-8-11(16)14(18)19-3/h4-7,11H,8-9,16H2,1-3H3/t11-/m0/s1. The molecule has 0 unspecified atom stereocenters. The average Bonchev–Trinajstić information content (AvgIpc) is 2.84. The number of esters is 1. The summed E-state index contributed by atoms with van der Waals surface area (Å²) in [4.78, 5) is 16.0. The Morgan fingerprint density at radius 1 is 1.52 bits per heavy atom. The van der Waals surface area contributed by atoms with Gasteiger partial charge in [0.25, 0.3) is 0 Å². The predicted molar refractivity (Wildman–Crippen MR) is 83.2 cm³/mol. The molecule has 2 rings (SSSR count). The number of aliphatic imine (C=N–C) groups is 1. The molecule has 5 nitrogen and oxygen atoms in total. The number of carbonyl (C=O) groups excluding carboxylic acids is 1. The third kappa shape index (κ3) is 4.06. The van der Waals surface area contributed by atoms with Gasteiger partial charge in [0.1, 0.15) is 0 Å². The Morgan fingerprint density at radius 2 is 2.24 bits per heavy atom. The van der Waals surface area contributed by atoms with Gasteiger partial charge in [-0.3, -0.25) is 0 Å². The average molecular weight is 355 g/mol. The zero-order chi connectivity index (χ0) is 15.5. The summed E-state index contributed by atoms with van der Waals surface area (Å²) in [6.07, 6.45) is 0. The van der Waals surface area contributed by atoms with E-state index in [0.29, 0.717) is 17.8 Å². The molecule has 1 aromatic rings. The van der Waals surface area contributed by atoms with Crippen LogP contribution >= 0.6 is 0 Å². The van der Waals surface area contributed by atoms with E-state index in [2.05, 4.69) is 9.73 Å². The summed E-state index contributed by atoms with van der Waals surface area (Å²) in [5.74, 6) is 0.314. The minimum atomic E-state index is -0.578. The van der Waals surface area contributed by atoms with Crippen molar-refractivity contribution in [2.75, 3.05) is 13.7 Å². The van der Waals surface area contributed by atoms with E-state index in [9.17, 15) is 4.79 Å². The summed E-state index contributed by atoms with van der Waals surface area (Å²) in [6.45, 7) is 4.67. The SMILES string of the molecule is COC(=O)[C@@H](N)C[Se]c1ccccc1C1=NC(C)(C)CO1. The summed E-state index contributed by atoms with van der Waals surface area (Å²) in [5, 5.41) is 0.591. The van der Waals surface area contributed by atoms with E-state index in [0.717, 1.165) is 10.0 Å². The number of nitrogens with zero attached hydrogens (tertiary/aromatic N) is 1. The Kier molecular flexibility index (Phi) is 5.04. The van der Waals surface area contributed by atoms with Gasteiger partial charge in [-0.1, -0.05) is 0 Å². The molecule has 6 heteroatoms. The van der Waals surface area contributed by atoms with Crippen molar-refractivity contribution in [2.24, 2.45) is 10.7 Å². The number of ether oxygens (including phenoxy) is 2. The first kappa shape index (κ1) is 16.0. The first-order valence-corrected chi connectivity index (χ1v) is 8.78. The number of nitrogens with two attached hydrogens (primary N) is 1. The van der Waals surface area contributed by atoms with Gasteiger partial charge in [0.15, 0.2) is 0 Å². The van der Waals surface area contributed by atoms with Crippen molar-refractivity contribution in [1.29, 1.82) is 0 Å². The molecule has 0 aromatic heterocycles. The first-order valence-electron chi connectivity index (χ1n) is 6.71. The minimum absolute atomic E-state index is 0.0583. The second-order valence-electron chi connectivity index (χ2n) is 5.45. The van der Waals surface area contributed by atoms with E-state index in [1.807, 2.05) is 38.1 Å². The van der Waals surface area contributed by atoms with Crippen LogP contribution in [0.3, 0.4) is 0 Å². The molecular weight excluding hydrogens is 335 g/mol. The van der Waals surface area contributed by atoms with E-state index < -0.39 is 6.04 Å². The molecule has 1 aromatic carbocycles. The van der Waals surface area contributed by atoms with E-state index in [1.54, 1.807) is 0 Å². The molecule has 0 saturated heterocycles. The van der Waals surface area contributed by atoms with Crippen molar-refractivity contribution in [2.45, 2.75) is 30.7 Å². The maximum absolute atomic E-state index is 11.4. The third-order valence-electron chi connectivity index (χ3n) is 3.01. The van der Waals surface area contributed by atoms with E-state index in [4.69, 9.17) is 10.5 Å². The quantitative estimate of drug-likeness (QED) is 0.616. The van der Waals surface area contributed by atoms with Crippen LogP contribution in [0.4, 0.5) is 0 Å². The van der Waals surface area contributed by atoms with Gasteiger partial charge in [-0.05, 0) is 0 Å². The van der Waals surface area contributed by atoms with Crippen molar-refractivity contribution in [1.82, 2.24) is 0 Å². The molecule has 0 fully saturated rings. The van der Waals surface area contributed by atoms with Gasteiger partial charge in [-0.2, -0.15) is 0 Å². The summed E-state index contributed by atoms with van der Waals surface area (Å²) < 4.78 is 11.5. The molecule has 0 spiro atoms. The van der Waals surface area contributed by atoms with Crippen LogP contribution in [-0.2, 0) is 14.3 Å². The molecule has 0 saturated carbocycles. The van der Waals surface area contributed by atoms with Crippen molar-refractivity contribution < 1.29 is 14.3 Å². The summed E-state index contributed by atoms with van der Waals surface area (Å²) in [7, 11) is 1.35. The van der Waals surface area contributed by atoms with Gasteiger partial charge in [-0.15, -0.1) is 0 Å². The van der Waals surface area contributed by atoms with Gasteiger partial charge in [0, 0.05) is 0 Å². The molecule has 1 heterocycles. The summed E-state index contributed by atoms with van der Waals surface area (Å²) >= 11 is 0.0583. The molecule has 2 N–H and O–H groups in total. The molecule has 1 atom stereocenters. The maximum atomic E-state index is 11.4. The first-order chi connectivity index (χ1) is 9.93. The van der Waals surface area contributed by atoms with Crippen molar-refractivity contribution in [3.05, 3.63) is 29.8 Å². The monoisotopic (exact) mass is 356 g/mol. The van der Waals surface area contributed by atoms with Crippen LogP contribution in [0.5, 0.6) is 0 Å². The molecule has 0 radical (unpaired) electrons. The van der Waals surface area contributed by atoms with Crippen molar-refractivity contribution in [3.63, 3.8) is 0 Å². The fourth-order valence-electron chi connectivity index (χ4n) is 1.89. The van der Waals surface area contributed by atoms with Crippen LogP contribution in [0.15, 0.2) is 29.3 Å². The Balaban J connectivity index is 2.13. The van der Waals surface area contributed by atoms with Gasteiger partial charge >= 0.3 is 131 Å². The summed E-state index contributed by atoms with van der Waals surface area (Å²) in [5.41, 5.74) is 6.62. The molecule has 0 amide bonds. The zero-order valence-corrected chi connectivity index (χ0v) is 14.2. The normalized spacial score (nSPS) is 17.8. The van der Waals surface area contributed by atoms with Crippen molar-refractivity contribution in [3.8, 4) is 0 Å². The summed E-state index contributed by atoms with van der Waals surface area (Å²) in [6, 6.07) is 7.40. The molecular formula is C15H20N2O3Se. The zero-order valence-electron chi connectivity index (χ0n) is 12.5. The van der Waals surface area contributed by atoms with Crippen LogP contribution in [0, 0.1) is 0 Å². The Bertz CT molecular complexity index is 558. The Labute approximate surface area is 131 Å². The topological polar surface area (TPSA) is 73.9 Å². The van der Waals surface area contributed by atoms with Crippen LogP contribution in [0.2, 0.25) is 5.32 Å². The van der Waals surface area contributed by atoms with Crippen LogP contribution < -0.4 is 10.2 Å². The van der Waals surface area contributed by atoms with Gasteiger partial charge in [0.05, 0.1) is 0 Å². The Hall–Kier alpha value is -1.36. The molecule has 21 heavy (non-hydrogen) atoms. The number of rotatable bonds is 5. The number of carbonyl (C=O) groups is 1. The number of hydrogen-bond donors (Lipinski definition) is 1. The number of hydrogen-bond acceptors (Lipinski definition) is 5. The van der Waals surface area contributed by atoms with E-state index in [1.165, 1.54) is 7.11 Å². The van der Waals surface area contributed by atoms with E-state index in [-0.39, 0.29) is 26.5 Å². The van der Waals surface area contributed by atoms with Gasteiger partial charge in [-0.25, -0.2) is 0 Å².